The van der Waals surface area contributed by atoms with Crippen LogP contribution in [-0.4, -0.2) is 18.9 Å². The average molecular weight is 277 g/mol. The molecule has 2 N–H and O–H groups in total. The lowest BCUT2D eigenvalue weighted by Gasteiger charge is -2.23. The monoisotopic (exact) mass is 277 g/mol. The van der Waals surface area contributed by atoms with Crippen LogP contribution in [0.2, 0.25) is 0 Å². The van der Waals surface area contributed by atoms with Crippen molar-refractivity contribution in [1.82, 2.24) is 0 Å². The number of Topliss-reactive ketones (excluding diaryl/α,β-unsaturated/α-hetero) is 1. The van der Waals surface area contributed by atoms with Gasteiger partial charge in [-0.25, -0.2) is 0 Å². The Kier molecular flexibility index (Phi) is 3.40. The fraction of sp³-hybridized carbons (Fsp3) is 0.286. The lowest BCUT2D eigenvalue weighted by atomic mass is 9.91. The van der Waals surface area contributed by atoms with Gasteiger partial charge in [0, 0.05) is 12.5 Å². The Morgan fingerprint density at radius 1 is 1.40 bits per heavy atom. The zero-order chi connectivity index (χ0) is 14.9. The van der Waals surface area contributed by atoms with Gasteiger partial charge >= 0.3 is 5.97 Å². The quantitative estimate of drug-likeness (QED) is 0.835. The Morgan fingerprint density at radius 3 is 2.70 bits per heavy atom. The normalized spacial score (nSPS) is 21.6. The summed E-state index contributed by atoms with van der Waals surface area (Å²) in [4.78, 5) is 23.4. The van der Waals surface area contributed by atoms with Crippen molar-refractivity contribution < 1.29 is 23.8 Å². The van der Waals surface area contributed by atoms with Gasteiger partial charge in [-0.05, 0) is 19.1 Å². The highest BCUT2D eigenvalue weighted by Gasteiger charge is 2.48. The molecule has 1 heterocycles. The number of ketones is 1. The van der Waals surface area contributed by atoms with E-state index in [4.69, 9.17) is 19.9 Å². The Labute approximate surface area is 116 Å². The van der Waals surface area contributed by atoms with Crippen molar-refractivity contribution in [2.24, 2.45) is 5.73 Å². The van der Waals surface area contributed by atoms with Gasteiger partial charge in [0.25, 0.3) is 5.78 Å². The van der Waals surface area contributed by atoms with Gasteiger partial charge in [0.15, 0.2) is 5.60 Å². The Morgan fingerprint density at radius 2 is 2.10 bits per heavy atom. The molecule has 6 heteroatoms. The lowest BCUT2D eigenvalue weighted by Crippen LogP contribution is -2.31. The van der Waals surface area contributed by atoms with Gasteiger partial charge in [-0.15, -0.1) is 0 Å². The molecule has 1 unspecified atom stereocenters. The predicted molar refractivity (Wildman–Crippen MR) is 69.4 cm³/mol. The van der Waals surface area contributed by atoms with E-state index >= 15 is 0 Å². The molecule has 1 aromatic carbocycles. The van der Waals surface area contributed by atoms with Crippen LogP contribution in [-0.2, 0) is 24.7 Å². The third-order valence-corrected chi connectivity index (χ3v) is 3.04. The molecule has 0 radical (unpaired) electrons. The van der Waals surface area contributed by atoms with Crippen LogP contribution >= 0.6 is 0 Å². The van der Waals surface area contributed by atoms with Crippen molar-refractivity contribution in [3.63, 3.8) is 0 Å². The highest BCUT2D eigenvalue weighted by Crippen LogP contribution is 2.38. The van der Waals surface area contributed by atoms with Gasteiger partial charge in [-0.1, -0.05) is 12.1 Å². The average Bonchev–Trinajstić information content (AvgIpc) is 2.63. The van der Waals surface area contributed by atoms with Gasteiger partial charge < -0.3 is 19.9 Å². The zero-order valence-corrected chi connectivity index (χ0v) is 11.4. The molecule has 1 aliphatic heterocycles. The number of hydrogen-bond donors (Lipinski definition) is 1. The molecular formula is C14H15NO5. The number of methoxy groups -OCH3 is 1. The van der Waals surface area contributed by atoms with Crippen LogP contribution in [0, 0.1) is 0 Å². The van der Waals surface area contributed by atoms with Crippen molar-refractivity contribution in [3.05, 3.63) is 41.5 Å². The summed E-state index contributed by atoms with van der Waals surface area (Å²) in [5.74, 6) is -1.01. The fourth-order valence-electron chi connectivity index (χ4n) is 1.99. The van der Waals surface area contributed by atoms with Crippen molar-refractivity contribution in [1.29, 1.82) is 0 Å². The van der Waals surface area contributed by atoms with Crippen LogP contribution in [0.5, 0.6) is 5.75 Å². The molecule has 1 aliphatic rings. The van der Waals surface area contributed by atoms with Crippen LogP contribution < -0.4 is 10.5 Å². The molecule has 1 aromatic rings. The molecule has 6 nitrogen and oxygen atoms in total. The molecule has 0 saturated heterocycles. The van der Waals surface area contributed by atoms with E-state index in [9.17, 15) is 9.59 Å². The SMILES string of the molecule is COc1cccc(C2(C)OC(N)=C(OC(C)=O)C2=O)c1. The predicted octanol–water partition coefficient (Wildman–Crippen LogP) is 1.20. The van der Waals surface area contributed by atoms with Gasteiger partial charge in [-0.2, -0.15) is 0 Å². The van der Waals surface area contributed by atoms with Crippen molar-refractivity contribution in [2.75, 3.05) is 7.11 Å². The number of carbonyl (C=O) groups excluding carboxylic acids is 2. The standard InChI is InChI=1S/C14H15NO5/c1-8(16)19-11-12(17)14(2,20-13(11)15)9-5-4-6-10(7-9)18-3/h4-7H,15H2,1-3H3. The highest BCUT2D eigenvalue weighted by atomic mass is 16.6. The molecule has 0 amide bonds. The lowest BCUT2D eigenvalue weighted by molar-refractivity contribution is -0.142. The van der Waals surface area contributed by atoms with Crippen LogP contribution in [0.3, 0.4) is 0 Å². The minimum absolute atomic E-state index is 0.199. The molecule has 0 bridgehead atoms. The Bertz CT molecular complexity index is 607. The fourth-order valence-corrected chi connectivity index (χ4v) is 1.99. The number of esters is 1. The molecule has 0 fully saturated rings. The minimum atomic E-state index is -1.33. The zero-order valence-electron chi connectivity index (χ0n) is 11.4. The third-order valence-electron chi connectivity index (χ3n) is 3.04. The van der Waals surface area contributed by atoms with E-state index in [1.165, 1.54) is 14.0 Å². The highest BCUT2D eigenvalue weighted by molar-refractivity contribution is 6.04. The number of ether oxygens (including phenoxy) is 3. The number of carbonyl (C=O) groups is 2. The number of rotatable bonds is 3. The minimum Gasteiger partial charge on any atom is -0.497 e. The summed E-state index contributed by atoms with van der Waals surface area (Å²) in [6.07, 6.45) is 0. The second-order valence-corrected chi connectivity index (χ2v) is 4.48. The molecule has 0 spiro atoms. The summed E-state index contributed by atoms with van der Waals surface area (Å²) in [6, 6.07) is 6.86. The van der Waals surface area contributed by atoms with Crippen LogP contribution in [0.25, 0.3) is 0 Å². The molecule has 20 heavy (non-hydrogen) atoms. The van der Waals surface area contributed by atoms with Gasteiger partial charge in [0.2, 0.25) is 11.6 Å². The van der Waals surface area contributed by atoms with Crippen molar-refractivity contribution in [2.45, 2.75) is 19.4 Å². The van der Waals surface area contributed by atoms with Gasteiger partial charge in [0.05, 0.1) is 7.11 Å². The first-order valence-corrected chi connectivity index (χ1v) is 5.95. The van der Waals surface area contributed by atoms with Crippen LogP contribution in [0.1, 0.15) is 19.4 Å². The summed E-state index contributed by atoms with van der Waals surface area (Å²) in [5, 5.41) is 0. The van der Waals surface area contributed by atoms with Crippen LogP contribution in [0.15, 0.2) is 35.9 Å². The molecule has 1 atom stereocenters. The maximum Gasteiger partial charge on any atom is 0.308 e. The van der Waals surface area contributed by atoms with Gasteiger partial charge in [0.1, 0.15) is 5.75 Å². The molecule has 0 aliphatic carbocycles. The topological polar surface area (TPSA) is 87.8 Å². The molecule has 0 saturated carbocycles. The second-order valence-electron chi connectivity index (χ2n) is 4.48. The second kappa shape index (κ2) is 4.88. The van der Waals surface area contributed by atoms with E-state index in [0.29, 0.717) is 11.3 Å². The number of nitrogens with two attached hydrogens (primary N) is 1. The van der Waals surface area contributed by atoms with Crippen molar-refractivity contribution in [3.8, 4) is 5.75 Å². The maximum absolute atomic E-state index is 12.4. The maximum atomic E-state index is 12.4. The van der Waals surface area contributed by atoms with Gasteiger partial charge in [-0.3, -0.25) is 9.59 Å². The van der Waals surface area contributed by atoms with E-state index in [2.05, 4.69) is 0 Å². The smallest absolute Gasteiger partial charge is 0.308 e. The summed E-state index contributed by atoms with van der Waals surface area (Å²) in [7, 11) is 1.52. The number of benzene rings is 1. The van der Waals surface area contributed by atoms with E-state index in [1.807, 2.05) is 0 Å². The molecule has 0 aromatic heterocycles. The van der Waals surface area contributed by atoms with Crippen LogP contribution in [0.4, 0.5) is 0 Å². The summed E-state index contributed by atoms with van der Waals surface area (Å²) in [5.41, 5.74) is 4.86. The summed E-state index contributed by atoms with van der Waals surface area (Å²) < 4.78 is 15.4. The largest absolute Gasteiger partial charge is 0.497 e. The molecule has 106 valence electrons. The van der Waals surface area contributed by atoms with Crippen molar-refractivity contribution >= 4 is 11.8 Å². The summed E-state index contributed by atoms with van der Waals surface area (Å²) >= 11 is 0. The summed E-state index contributed by atoms with van der Waals surface area (Å²) in [6.45, 7) is 2.75. The molecular weight excluding hydrogens is 262 g/mol. The number of hydrogen-bond acceptors (Lipinski definition) is 6. The Hall–Kier alpha value is -2.50. The van der Waals surface area contributed by atoms with E-state index in [1.54, 1.807) is 31.2 Å². The first kappa shape index (κ1) is 13.9. The van der Waals surface area contributed by atoms with E-state index < -0.39 is 17.4 Å². The molecule has 2 rings (SSSR count). The Balaban J connectivity index is 2.38. The van der Waals surface area contributed by atoms with E-state index in [-0.39, 0.29) is 11.6 Å². The van der Waals surface area contributed by atoms with E-state index in [0.717, 1.165) is 0 Å². The first-order valence-electron chi connectivity index (χ1n) is 5.95. The third kappa shape index (κ3) is 2.20. The first-order chi connectivity index (χ1) is 9.38.